The zero-order valence-electron chi connectivity index (χ0n) is 4.10. The first-order valence-electron chi connectivity index (χ1n) is 2.27. The maximum atomic E-state index is 5.08. The molecule has 0 aromatic carbocycles. The molecule has 0 saturated carbocycles. The predicted molar refractivity (Wildman–Crippen MR) is 37.5 cm³/mol. The summed E-state index contributed by atoms with van der Waals surface area (Å²) in [5, 5.41) is 0. The van der Waals surface area contributed by atoms with Crippen LogP contribution in [-0.4, -0.2) is 10.0 Å². The van der Waals surface area contributed by atoms with E-state index in [4.69, 9.17) is 4.74 Å². The SMILES string of the molecule is CC1OC=CC1I. The summed E-state index contributed by atoms with van der Waals surface area (Å²) in [5.74, 6) is 0. The van der Waals surface area contributed by atoms with E-state index in [1.807, 2.05) is 0 Å². The van der Waals surface area contributed by atoms with Crippen molar-refractivity contribution >= 4 is 22.6 Å². The third kappa shape index (κ3) is 1.08. The van der Waals surface area contributed by atoms with Crippen LogP contribution in [-0.2, 0) is 4.74 Å². The molecule has 7 heavy (non-hydrogen) atoms. The minimum absolute atomic E-state index is 0.389. The Morgan fingerprint density at radius 1 is 1.71 bits per heavy atom. The minimum atomic E-state index is 0.389. The molecule has 0 amide bonds. The highest BCUT2D eigenvalue weighted by Gasteiger charge is 2.14. The highest BCUT2D eigenvalue weighted by molar-refractivity contribution is 14.1. The monoisotopic (exact) mass is 210 g/mol. The molecule has 0 aliphatic carbocycles. The predicted octanol–water partition coefficient (Wildman–Crippen LogP) is 1.72. The third-order valence-electron chi connectivity index (χ3n) is 1.00. The molecule has 0 N–H and O–H groups in total. The number of rotatable bonds is 0. The molecule has 2 atom stereocenters. The Morgan fingerprint density at radius 2 is 2.43 bits per heavy atom. The van der Waals surface area contributed by atoms with E-state index in [0.29, 0.717) is 10.0 Å². The first-order valence-corrected chi connectivity index (χ1v) is 3.51. The van der Waals surface area contributed by atoms with Gasteiger partial charge in [0.1, 0.15) is 6.10 Å². The molecule has 0 bridgehead atoms. The van der Waals surface area contributed by atoms with Gasteiger partial charge in [0.05, 0.1) is 10.2 Å². The maximum absolute atomic E-state index is 5.08. The summed E-state index contributed by atoms with van der Waals surface area (Å²) in [6, 6.07) is 0. The van der Waals surface area contributed by atoms with Crippen molar-refractivity contribution in [3.8, 4) is 0 Å². The summed E-state index contributed by atoms with van der Waals surface area (Å²) in [6.45, 7) is 2.07. The second kappa shape index (κ2) is 2.03. The van der Waals surface area contributed by atoms with Crippen LogP contribution >= 0.6 is 22.6 Å². The van der Waals surface area contributed by atoms with Gasteiger partial charge in [-0.2, -0.15) is 0 Å². The van der Waals surface area contributed by atoms with Gasteiger partial charge < -0.3 is 4.74 Å². The van der Waals surface area contributed by atoms with Gasteiger partial charge in [-0.25, -0.2) is 0 Å². The van der Waals surface area contributed by atoms with Gasteiger partial charge in [0.15, 0.2) is 0 Å². The molecule has 1 heterocycles. The van der Waals surface area contributed by atoms with Crippen LogP contribution in [0.4, 0.5) is 0 Å². The Kier molecular flexibility index (Phi) is 1.57. The molecule has 0 radical (unpaired) electrons. The summed E-state index contributed by atoms with van der Waals surface area (Å²) in [5.41, 5.74) is 0. The summed E-state index contributed by atoms with van der Waals surface area (Å²) < 4.78 is 5.66. The molecule has 40 valence electrons. The third-order valence-corrected chi connectivity index (χ3v) is 2.43. The summed E-state index contributed by atoms with van der Waals surface area (Å²) in [6.07, 6.45) is 4.22. The smallest absolute Gasteiger partial charge is 0.110 e. The van der Waals surface area contributed by atoms with Crippen molar-refractivity contribution in [3.63, 3.8) is 0 Å². The number of hydrogen-bond acceptors (Lipinski definition) is 1. The lowest BCUT2D eigenvalue weighted by Gasteiger charge is -2.04. The molecular formula is C5H7IO. The van der Waals surface area contributed by atoms with E-state index in [0.717, 1.165) is 0 Å². The summed E-state index contributed by atoms with van der Waals surface area (Å²) in [4.78, 5) is 0. The number of ether oxygens (including phenoxy) is 1. The molecule has 1 aliphatic heterocycles. The minimum Gasteiger partial charge on any atom is -0.497 e. The molecule has 1 nitrogen and oxygen atoms in total. The van der Waals surface area contributed by atoms with E-state index in [1.165, 1.54) is 0 Å². The number of alkyl halides is 1. The summed E-state index contributed by atoms with van der Waals surface area (Å²) in [7, 11) is 0. The molecule has 0 spiro atoms. The van der Waals surface area contributed by atoms with Gasteiger partial charge in [-0.3, -0.25) is 0 Å². The average molecular weight is 210 g/mol. The second-order valence-corrected chi connectivity index (χ2v) is 3.05. The van der Waals surface area contributed by atoms with Crippen molar-refractivity contribution in [2.45, 2.75) is 17.0 Å². The quantitative estimate of drug-likeness (QED) is 0.437. The van der Waals surface area contributed by atoms with Gasteiger partial charge in [-0.15, -0.1) is 0 Å². The standard InChI is InChI=1S/C5H7IO/c1-4-5(6)2-3-7-4/h2-5H,1H3. The van der Waals surface area contributed by atoms with Crippen molar-refractivity contribution in [1.29, 1.82) is 0 Å². The molecule has 0 fully saturated rings. The van der Waals surface area contributed by atoms with Crippen LogP contribution in [0.5, 0.6) is 0 Å². The molecule has 2 unspecified atom stereocenters. The van der Waals surface area contributed by atoms with Crippen LogP contribution in [0.3, 0.4) is 0 Å². The lowest BCUT2D eigenvalue weighted by molar-refractivity contribution is 0.195. The summed E-state index contributed by atoms with van der Waals surface area (Å²) >= 11 is 2.35. The Bertz CT molecular complexity index is 90.1. The van der Waals surface area contributed by atoms with Crippen molar-refractivity contribution < 1.29 is 4.74 Å². The van der Waals surface area contributed by atoms with Crippen LogP contribution in [0.25, 0.3) is 0 Å². The Labute approximate surface area is 56.9 Å². The van der Waals surface area contributed by atoms with Gasteiger partial charge in [0, 0.05) is 0 Å². The fraction of sp³-hybridized carbons (Fsp3) is 0.600. The van der Waals surface area contributed by atoms with Crippen LogP contribution in [0.2, 0.25) is 0 Å². The fourth-order valence-electron chi connectivity index (χ4n) is 0.476. The van der Waals surface area contributed by atoms with Crippen molar-refractivity contribution in [2.75, 3.05) is 0 Å². The fourth-order valence-corrected chi connectivity index (χ4v) is 0.815. The zero-order chi connectivity index (χ0) is 5.28. The van der Waals surface area contributed by atoms with Gasteiger partial charge in [-0.1, -0.05) is 22.6 Å². The highest BCUT2D eigenvalue weighted by atomic mass is 127. The van der Waals surface area contributed by atoms with Crippen LogP contribution in [0.15, 0.2) is 12.3 Å². The Morgan fingerprint density at radius 3 is 2.57 bits per heavy atom. The average Bonchev–Trinajstić information content (AvgIpc) is 1.91. The van der Waals surface area contributed by atoms with Gasteiger partial charge in [0.2, 0.25) is 0 Å². The van der Waals surface area contributed by atoms with E-state index in [2.05, 4.69) is 35.6 Å². The lowest BCUT2D eigenvalue weighted by atomic mass is 10.3. The molecule has 1 rings (SSSR count). The van der Waals surface area contributed by atoms with E-state index in [-0.39, 0.29) is 0 Å². The van der Waals surface area contributed by atoms with Gasteiger partial charge in [0.25, 0.3) is 0 Å². The van der Waals surface area contributed by atoms with E-state index < -0.39 is 0 Å². The number of halogens is 1. The van der Waals surface area contributed by atoms with Gasteiger partial charge in [-0.05, 0) is 13.0 Å². The van der Waals surface area contributed by atoms with E-state index >= 15 is 0 Å². The highest BCUT2D eigenvalue weighted by Crippen LogP contribution is 2.17. The van der Waals surface area contributed by atoms with Crippen molar-refractivity contribution in [2.24, 2.45) is 0 Å². The molecule has 0 aromatic rings. The van der Waals surface area contributed by atoms with Crippen LogP contribution < -0.4 is 0 Å². The molecule has 0 saturated heterocycles. The molecule has 0 aromatic heterocycles. The zero-order valence-corrected chi connectivity index (χ0v) is 6.25. The van der Waals surface area contributed by atoms with Crippen molar-refractivity contribution in [3.05, 3.63) is 12.3 Å². The number of hydrogen-bond donors (Lipinski definition) is 0. The Balaban J connectivity index is 2.45. The first-order chi connectivity index (χ1) is 3.30. The molecule has 2 heteroatoms. The van der Waals surface area contributed by atoms with Gasteiger partial charge >= 0.3 is 0 Å². The van der Waals surface area contributed by atoms with E-state index in [9.17, 15) is 0 Å². The van der Waals surface area contributed by atoms with E-state index in [1.54, 1.807) is 6.26 Å². The molecular weight excluding hydrogens is 203 g/mol. The topological polar surface area (TPSA) is 9.23 Å². The van der Waals surface area contributed by atoms with Crippen LogP contribution in [0, 0.1) is 0 Å². The Hall–Kier alpha value is 0.270. The van der Waals surface area contributed by atoms with Crippen LogP contribution in [0.1, 0.15) is 6.92 Å². The lowest BCUT2D eigenvalue weighted by Crippen LogP contribution is -2.09. The molecule has 1 aliphatic rings. The maximum Gasteiger partial charge on any atom is 0.110 e. The van der Waals surface area contributed by atoms with Crippen molar-refractivity contribution in [1.82, 2.24) is 0 Å². The normalized spacial score (nSPS) is 38.6. The second-order valence-electron chi connectivity index (χ2n) is 1.61. The largest absolute Gasteiger partial charge is 0.497 e. The first kappa shape index (κ1) is 5.41.